The number of hydrogen-bond donors (Lipinski definition) is 1. The standard InChI is InChI=1S/C10H15NO2/c1-12-7-10-3-2-9(13-10)4-8-5-11-6-8/h2-3,8,11H,4-7H2,1H3. The van der Waals surface area contributed by atoms with Crippen LogP contribution in [0.5, 0.6) is 0 Å². The topological polar surface area (TPSA) is 34.4 Å². The molecule has 0 atom stereocenters. The second-order valence-corrected chi connectivity index (χ2v) is 3.53. The number of hydrogen-bond acceptors (Lipinski definition) is 3. The first-order valence-corrected chi connectivity index (χ1v) is 4.65. The van der Waals surface area contributed by atoms with Gasteiger partial charge in [0.2, 0.25) is 0 Å². The van der Waals surface area contributed by atoms with Gasteiger partial charge in [0, 0.05) is 13.5 Å². The highest BCUT2D eigenvalue weighted by Crippen LogP contribution is 2.15. The van der Waals surface area contributed by atoms with E-state index in [1.54, 1.807) is 7.11 Å². The Morgan fingerprint density at radius 1 is 1.46 bits per heavy atom. The van der Waals surface area contributed by atoms with Gasteiger partial charge < -0.3 is 14.5 Å². The van der Waals surface area contributed by atoms with E-state index in [1.165, 1.54) is 0 Å². The second kappa shape index (κ2) is 3.94. The molecule has 1 aliphatic rings. The summed E-state index contributed by atoms with van der Waals surface area (Å²) in [4.78, 5) is 0. The van der Waals surface area contributed by atoms with Crippen molar-refractivity contribution in [2.45, 2.75) is 13.0 Å². The SMILES string of the molecule is COCc1ccc(CC2CNC2)o1. The van der Waals surface area contributed by atoms with Crippen molar-refractivity contribution in [3.05, 3.63) is 23.7 Å². The number of rotatable bonds is 4. The van der Waals surface area contributed by atoms with Crippen molar-refractivity contribution in [2.75, 3.05) is 20.2 Å². The van der Waals surface area contributed by atoms with E-state index in [0.717, 1.165) is 36.9 Å². The molecule has 1 aromatic rings. The highest BCUT2D eigenvalue weighted by molar-refractivity contribution is 5.08. The first-order valence-electron chi connectivity index (χ1n) is 4.65. The summed E-state index contributed by atoms with van der Waals surface area (Å²) in [5.74, 6) is 2.77. The van der Waals surface area contributed by atoms with Crippen LogP contribution < -0.4 is 5.32 Å². The van der Waals surface area contributed by atoms with E-state index in [1.807, 2.05) is 12.1 Å². The van der Waals surface area contributed by atoms with Crippen LogP contribution >= 0.6 is 0 Å². The van der Waals surface area contributed by atoms with Gasteiger partial charge in [-0.3, -0.25) is 0 Å². The fraction of sp³-hybridized carbons (Fsp3) is 0.600. The molecule has 0 unspecified atom stereocenters. The third-order valence-corrected chi connectivity index (χ3v) is 2.36. The molecule has 2 heterocycles. The summed E-state index contributed by atoms with van der Waals surface area (Å²) in [6, 6.07) is 4.04. The van der Waals surface area contributed by atoms with Crippen molar-refractivity contribution in [3.8, 4) is 0 Å². The molecule has 3 nitrogen and oxygen atoms in total. The molecule has 0 radical (unpaired) electrons. The predicted molar refractivity (Wildman–Crippen MR) is 49.5 cm³/mol. The van der Waals surface area contributed by atoms with Crippen LogP contribution in [-0.4, -0.2) is 20.2 Å². The van der Waals surface area contributed by atoms with Gasteiger partial charge in [-0.15, -0.1) is 0 Å². The van der Waals surface area contributed by atoms with Crippen LogP contribution in [0.25, 0.3) is 0 Å². The summed E-state index contributed by atoms with van der Waals surface area (Å²) < 4.78 is 10.6. The third kappa shape index (κ3) is 2.11. The van der Waals surface area contributed by atoms with Crippen molar-refractivity contribution in [1.29, 1.82) is 0 Å². The largest absolute Gasteiger partial charge is 0.464 e. The van der Waals surface area contributed by atoms with Gasteiger partial charge in [-0.1, -0.05) is 0 Å². The summed E-state index contributed by atoms with van der Waals surface area (Å²) in [7, 11) is 1.68. The molecule has 13 heavy (non-hydrogen) atoms. The second-order valence-electron chi connectivity index (χ2n) is 3.53. The lowest BCUT2D eigenvalue weighted by Gasteiger charge is -2.25. The van der Waals surface area contributed by atoms with Crippen LogP contribution in [0.2, 0.25) is 0 Å². The van der Waals surface area contributed by atoms with E-state index in [2.05, 4.69) is 5.32 Å². The van der Waals surface area contributed by atoms with E-state index >= 15 is 0 Å². The molecule has 3 heteroatoms. The van der Waals surface area contributed by atoms with Crippen LogP contribution in [0, 0.1) is 5.92 Å². The summed E-state index contributed by atoms with van der Waals surface area (Å²) in [6.45, 7) is 2.82. The van der Waals surface area contributed by atoms with Gasteiger partial charge in [-0.25, -0.2) is 0 Å². The Kier molecular flexibility index (Phi) is 2.66. The molecule has 1 aromatic heterocycles. The van der Waals surface area contributed by atoms with Crippen molar-refractivity contribution in [1.82, 2.24) is 5.32 Å². The lowest BCUT2D eigenvalue weighted by Crippen LogP contribution is -2.42. The van der Waals surface area contributed by atoms with Gasteiger partial charge in [0.1, 0.15) is 18.1 Å². The monoisotopic (exact) mass is 181 g/mol. The molecule has 1 fully saturated rings. The van der Waals surface area contributed by atoms with E-state index in [0.29, 0.717) is 6.61 Å². The van der Waals surface area contributed by atoms with Gasteiger partial charge in [0.15, 0.2) is 0 Å². The fourth-order valence-corrected chi connectivity index (χ4v) is 1.53. The lowest BCUT2D eigenvalue weighted by atomic mass is 9.98. The lowest BCUT2D eigenvalue weighted by molar-refractivity contribution is 0.161. The summed E-state index contributed by atoms with van der Waals surface area (Å²) in [5, 5.41) is 3.25. The Hall–Kier alpha value is -0.800. The maximum absolute atomic E-state index is 5.58. The Morgan fingerprint density at radius 3 is 2.85 bits per heavy atom. The minimum absolute atomic E-state index is 0.572. The van der Waals surface area contributed by atoms with Gasteiger partial charge in [0.25, 0.3) is 0 Å². The average Bonchev–Trinajstić information content (AvgIpc) is 2.46. The van der Waals surface area contributed by atoms with Crippen LogP contribution in [0.15, 0.2) is 16.5 Å². The van der Waals surface area contributed by atoms with E-state index in [-0.39, 0.29) is 0 Å². The van der Waals surface area contributed by atoms with E-state index in [9.17, 15) is 0 Å². The normalized spacial score (nSPS) is 17.3. The highest BCUT2D eigenvalue weighted by atomic mass is 16.5. The number of furan rings is 1. The van der Waals surface area contributed by atoms with Crippen molar-refractivity contribution in [2.24, 2.45) is 5.92 Å². The molecular weight excluding hydrogens is 166 g/mol. The minimum Gasteiger partial charge on any atom is -0.464 e. The Labute approximate surface area is 78.1 Å². The maximum Gasteiger partial charge on any atom is 0.129 e. The van der Waals surface area contributed by atoms with Gasteiger partial charge >= 0.3 is 0 Å². The predicted octanol–water partition coefficient (Wildman–Crippen LogP) is 1.19. The number of ether oxygens (including phenoxy) is 1. The van der Waals surface area contributed by atoms with Gasteiger partial charge in [0.05, 0.1) is 0 Å². The molecule has 72 valence electrons. The van der Waals surface area contributed by atoms with E-state index < -0.39 is 0 Å². The number of methoxy groups -OCH3 is 1. The number of nitrogens with one attached hydrogen (secondary N) is 1. The zero-order valence-corrected chi connectivity index (χ0v) is 7.88. The zero-order chi connectivity index (χ0) is 9.10. The van der Waals surface area contributed by atoms with Crippen LogP contribution in [0.3, 0.4) is 0 Å². The molecule has 0 aromatic carbocycles. The maximum atomic E-state index is 5.58. The summed E-state index contributed by atoms with van der Waals surface area (Å²) in [6.07, 6.45) is 1.05. The smallest absolute Gasteiger partial charge is 0.129 e. The molecule has 0 bridgehead atoms. The third-order valence-electron chi connectivity index (χ3n) is 2.36. The van der Waals surface area contributed by atoms with Crippen molar-refractivity contribution < 1.29 is 9.15 Å². The molecular formula is C10H15NO2. The molecule has 0 aliphatic carbocycles. The molecule has 1 aliphatic heterocycles. The van der Waals surface area contributed by atoms with Gasteiger partial charge in [-0.05, 0) is 31.1 Å². The minimum atomic E-state index is 0.572. The molecule has 0 saturated carbocycles. The molecule has 0 amide bonds. The highest BCUT2D eigenvalue weighted by Gasteiger charge is 2.18. The van der Waals surface area contributed by atoms with Crippen molar-refractivity contribution >= 4 is 0 Å². The van der Waals surface area contributed by atoms with Crippen molar-refractivity contribution in [3.63, 3.8) is 0 Å². The Morgan fingerprint density at radius 2 is 2.23 bits per heavy atom. The molecule has 2 rings (SSSR count). The summed E-state index contributed by atoms with van der Waals surface area (Å²) >= 11 is 0. The molecule has 1 N–H and O–H groups in total. The van der Waals surface area contributed by atoms with Crippen LogP contribution in [0.1, 0.15) is 11.5 Å². The van der Waals surface area contributed by atoms with E-state index in [4.69, 9.17) is 9.15 Å². The zero-order valence-electron chi connectivity index (χ0n) is 7.88. The first-order chi connectivity index (χ1) is 6.38. The molecule has 1 saturated heterocycles. The average molecular weight is 181 g/mol. The Balaban J connectivity index is 1.88. The van der Waals surface area contributed by atoms with Gasteiger partial charge in [-0.2, -0.15) is 0 Å². The quantitative estimate of drug-likeness (QED) is 0.757. The fourth-order valence-electron chi connectivity index (χ4n) is 1.53. The van der Waals surface area contributed by atoms with Crippen LogP contribution in [-0.2, 0) is 17.8 Å². The Bertz CT molecular complexity index is 266. The summed E-state index contributed by atoms with van der Waals surface area (Å²) in [5.41, 5.74) is 0. The van der Waals surface area contributed by atoms with Crippen LogP contribution in [0.4, 0.5) is 0 Å². The first kappa shape index (κ1) is 8.78. The molecule has 0 spiro atoms.